The second-order valence-corrected chi connectivity index (χ2v) is 8.41. The fourth-order valence-corrected chi connectivity index (χ4v) is 3.82. The second kappa shape index (κ2) is 9.60. The third kappa shape index (κ3) is 5.41. The lowest BCUT2D eigenvalue weighted by Gasteiger charge is -2.11. The molecule has 0 aliphatic carbocycles. The van der Waals surface area contributed by atoms with E-state index in [4.69, 9.17) is 8.92 Å². The minimum absolute atomic E-state index is 0.00895. The Morgan fingerprint density at radius 3 is 2.37 bits per heavy atom. The predicted molar refractivity (Wildman–Crippen MR) is 121 cm³/mol. The first-order chi connectivity index (χ1) is 16.4. The molecule has 0 radical (unpaired) electrons. The molecule has 15 heteroatoms. The van der Waals surface area contributed by atoms with Crippen LogP contribution in [0.25, 0.3) is 12.2 Å². The van der Waals surface area contributed by atoms with Crippen molar-refractivity contribution in [2.24, 2.45) is 0 Å². The van der Waals surface area contributed by atoms with Gasteiger partial charge in [-0.2, -0.15) is 13.4 Å². The molecule has 14 nitrogen and oxygen atoms in total. The van der Waals surface area contributed by atoms with Crippen LogP contribution in [0.3, 0.4) is 0 Å². The molecule has 35 heavy (non-hydrogen) atoms. The third-order valence-corrected chi connectivity index (χ3v) is 5.79. The van der Waals surface area contributed by atoms with E-state index < -0.39 is 42.0 Å². The van der Waals surface area contributed by atoms with Crippen LogP contribution in [0.2, 0.25) is 0 Å². The van der Waals surface area contributed by atoms with E-state index >= 15 is 0 Å². The summed E-state index contributed by atoms with van der Waals surface area (Å²) in [5.41, 5.74) is -1.93. The first-order valence-corrected chi connectivity index (χ1v) is 10.9. The maximum atomic E-state index is 12.7. The SMILES string of the molecule is COc1cc(/C=C/c2nc(O)c([N+](=O)[O-])c(=O)[nH]2)ccc1OS(=O)(=O)c1ccc(C)c([N+](=O)[O-])c1. The number of hydrogen-bond donors (Lipinski definition) is 2. The number of H-pyrrole nitrogens is 1. The van der Waals surface area contributed by atoms with Gasteiger partial charge in [0.15, 0.2) is 11.5 Å². The summed E-state index contributed by atoms with van der Waals surface area (Å²) >= 11 is 0. The van der Waals surface area contributed by atoms with Crippen LogP contribution in [0.1, 0.15) is 17.0 Å². The summed E-state index contributed by atoms with van der Waals surface area (Å²) in [4.78, 5) is 37.1. The van der Waals surface area contributed by atoms with Gasteiger partial charge in [-0.25, -0.2) is 0 Å². The van der Waals surface area contributed by atoms with Crippen molar-refractivity contribution in [3.63, 3.8) is 0 Å². The Balaban J connectivity index is 1.89. The number of nitro benzene ring substituents is 1. The molecule has 0 unspecified atom stereocenters. The highest BCUT2D eigenvalue weighted by molar-refractivity contribution is 7.87. The predicted octanol–water partition coefficient (Wildman–Crippen LogP) is 2.55. The molecule has 182 valence electrons. The highest BCUT2D eigenvalue weighted by Crippen LogP contribution is 2.32. The number of rotatable bonds is 8. The molecule has 1 heterocycles. The zero-order chi connectivity index (χ0) is 25.9. The Bertz CT molecular complexity index is 1530. The van der Waals surface area contributed by atoms with E-state index in [0.29, 0.717) is 5.56 Å². The largest absolute Gasteiger partial charge is 0.493 e. The molecular weight excluding hydrogens is 488 g/mol. The zero-order valence-corrected chi connectivity index (χ0v) is 18.8. The first-order valence-electron chi connectivity index (χ1n) is 9.46. The number of methoxy groups -OCH3 is 1. The number of aromatic hydroxyl groups is 1. The van der Waals surface area contributed by atoms with Crippen LogP contribution in [0.4, 0.5) is 11.4 Å². The van der Waals surface area contributed by atoms with E-state index in [0.717, 1.165) is 6.07 Å². The van der Waals surface area contributed by atoms with Gasteiger partial charge in [-0.3, -0.25) is 25.0 Å². The monoisotopic (exact) mass is 504 g/mol. The number of nitrogens with one attached hydrogen (secondary N) is 1. The fraction of sp³-hybridized carbons (Fsp3) is 0.100. The zero-order valence-electron chi connectivity index (χ0n) is 18.0. The van der Waals surface area contributed by atoms with Crippen LogP contribution in [0.5, 0.6) is 17.4 Å². The van der Waals surface area contributed by atoms with Gasteiger partial charge in [0.05, 0.1) is 17.0 Å². The fourth-order valence-electron chi connectivity index (χ4n) is 2.86. The van der Waals surface area contributed by atoms with E-state index in [1.807, 2.05) is 0 Å². The maximum absolute atomic E-state index is 12.7. The average molecular weight is 504 g/mol. The number of benzene rings is 2. The van der Waals surface area contributed by atoms with Gasteiger partial charge in [0.1, 0.15) is 10.7 Å². The van der Waals surface area contributed by atoms with Crippen LogP contribution < -0.4 is 14.5 Å². The first kappa shape index (κ1) is 24.8. The van der Waals surface area contributed by atoms with E-state index in [9.17, 15) is 38.5 Å². The van der Waals surface area contributed by atoms with Gasteiger partial charge < -0.3 is 19.0 Å². The maximum Gasteiger partial charge on any atom is 0.395 e. The second-order valence-electron chi connectivity index (χ2n) is 6.87. The van der Waals surface area contributed by atoms with Gasteiger partial charge in [-0.15, -0.1) is 0 Å². The number of nitro groups is 2. The molecule has 0 aliphatic heterocycles. The molecule has 0 saturated carbocycles. The van der Waals surface area contributed by atoms with Crippen LogP contribution in [0, 0.1) is 27.2 Å². The molecule has 0 spiro atoms. The minimum Gasteiger partial charge on any atom is -0.493 e. The quantitative estimate of drug-likeness (QED) is 0.259. The summed E-state index contributed by atoms with van der Waals surface area (Å²) in [6, 6.07) is 7.42. The van der Waals surface area contributed by atoms with E-state index in [2.05, 4.69) is 9.97 Å². The van der Waals surface area contributed by atoms with Crippen molar-refractivity contribution < 1.29 is 32.3 Å². The summed E-state index contributed by atoms with van der Waals surface area (Å²) in [5.74, 6) is -1.44. The highest BCUT2D eigenvalue weighted by atomic mass is 32.2. The molecule has 0 atom stereocenters. The van der Waals surface area contributed by atoms with Crippen molar-refractivity contribution in [1.29, 1.82) is 0 Å². The molecule has 1 aromatic heterocycles. The highest BCUT2D eigenvalue weighted by Gasteiger charge is 2.24. The lowest BCUT2D eigenvalue weighted by atomic mass is 10.2. The smallest absolute Gasteiger partial charge is 0.395 e. The van der Waals surface area contributed by atoms with E-state index in [1.54, 1.807) is 0 Å². The summed E-state index contributed by atoms with van der Waals surface area (Å²) < 4.78 is 35.6. The Morgan fingerprint density at radius 1 is 1.06 bits per heavy atom. The molecule has 0 bridgehead atoms. The molecule has 0 fully saturated rings. The number of nitrogens with zero attached hydrogens (tertiary/aromatic N) is 3. The van der Waals surface area contributed by atoms with Crippen LogP contribution >= 0.6 is 0 Å². The summed E-state index contributed by atoms with van der Waals surface area (Å²) in [5, 5.41) is 31.5. The van der Waals surface area contributed by atoms with E-state index in [1.165, 1.54) is 56.5 Å². The summed E-state index contributed by atoms with van der Waals surface area (Å²) in [6.07, 6.45) is 2.63. The average Bonchev–Trinajstić information content (AvgIpc) is 2.77. The standard InChI is InChI=1S/C20H16N4O10S/c1-11-3-6-13(10-14(11)23(27)28)35(31,32)34-15-7-4-12(9-16(15)33-2)5-8-17-21-19(25)18(24(29)30)20(26)22-17/h3-10H,1-2H3,(H2,21,22,25,26)/b8-5+. The lowest BCUT2D eigenvalue weighted by Crippen LogP contribution is -2.14. The Labute approximate surface area is 196 Å². The Morgan fingerprint density at radius 2 is 1.77 bits per heavy atom. The van der Waals surface area contributed by atoms with Gasteiger partial charge in [-0.05, 0) is 36.8 Å². The molecule has 2 N–H and O–H groups in total. The lowest BCUT2D eigenvalue weighted by molar-refractivity contribution is -0.387. The number of ether oxygens (including phenoxy) is 1. The number of aromatic amines is 1. The van der Waals surface area contributed by atoms with Crippen molar-refractivity contribution >= 4 is 33.6 Å². The van der Waals surface area contributed by atoms with Gasteiger partial charge >= 0.3 is 21.4 Å². The normalized spacial score (nSPS) is 11.4. The van der Waals surface area contributed by atoms with Gasteiger partial charge in [-0.1, -0.05) is 18.2 Å². The van der Waals surface area contributed by atoms with Crippen LogP contribution in [-0.2, 0) is 10.1 Å². The van der Waals surface area contributed by atoms with Gasteiger partial charge in [0.2, 0.25) is 0 Å². The Hall–Kier alpha value is -4.79. The van der Waals surface area contributed by atoms with Gasteiger partial charge in [0.25, 0.3) is 11.6 Å². The van der Waals surface area contributed by atoms with Crippen LogP contribution in [0.15, 0.2) is 46.1 Å². The molecular formula is C20H16N4O10S. The van der Waals surface area contributed by atoms with Crippen molar-refractivity contribution in [2.75, 3.05) is 7.11 Å². The van der Waals surface area contributed by atoms with Crippen molar-refractivity contribution in [3.8, 4) is 17.4 Å². The number of aromatic nitrogens is 2. The van der Waals surface area contributed by atoms with Crippen LogP contribution in [-0.4, -0.2) is 40.4 Å². The topological polar surface area (TPSA) is 205 Å². The van der Waals surface area contributed by atoms with Crippen molar-refractivity contribution in [3.05, 3.63) is 83.9 Å². The summed E-state index contributed by atoms with van der Waals surface area (Å²) in [6.45, 7) is 1.47. The van der Waals surface area contributed by atoms with E-state index in [-0.39, 0.29) is 28.6 Å². The molecule has 0 saturated heterocycles. The van der Waals surface area contributed by atoms with Crippen molar-refractivity contribution in [1.82, 2.24) is 9.97 Å². The van der Waals surface area contributed by atoms with Crippen molar-refractivity contribution in [2.45, 2.75) is 11.8 Å². The third-order valence-electron chi connectivity index (χ3n) is 4.56. The molecule has 0 amide bonds. The molecule has 3 aromatic rings. The summed E-state index contributed by atoms with van der Waals surface area (Å²) in [7, 11) is -3.19. The Kier molecular flexibility index (Phi) is 6.81. The molecule has 0 aliphatic rings. The number of aryl methyl sites for hydroxylation is 1. The molecule has 3 rings (SSSR count). The number of hydrogen-bond acceptors (Lipinski definition) is 11. The minimum atomic E-state index is -4.44. The van der Waals surface area contributed by atoms with Gasteiger partial charge in [0, 0.05) is 11.6 Å². The molecule has 2 aromatic carbocycles.